The first-order valence-electron chi connectivity index (χ1n) is 8.69. The lowest BCUT2D eigenvalue weighted by Crippen LogP contribution is -2.39. The van der Waals surface area contributed by atoms with Gasteiger partial charge in [0.25, 0.3) is 0 Å². The Morgan fingerprint density at radius 2 is 2.04 bits per heavy atom. The maximum absolute atomic E-state index is 11.9. The van der Waals surface area contributed by atoms with E-state index in [0.29, 0.717) is 42.6 Å². The number of ether oxygens (including phenoxy) is 1. The van der Waals surface area contributed by atoms with Crippen molar-refractivity contribution in [3.8, 4) is 0 Å². The quantitative estimate of drug-likeness (QED) is 0.403. The molecular formula is C17H29N5O3S. The minimum absolute atomic E-state index is 0.0345. The molecule has 0 radical (unpaired) electrons. The summed E-state index contributed by atoms with van der Waals surface area (Å²) in [7, 11) is 3.45. The van der Waals surface area contributed by atoms with E-state index < -0.39 is 0 Å². The topological polar surface area (TPSA) is 95.9 Å². The van der Waals surface area contributed by atoms with Gasteiger partial charge in [0.15, 0.2) is 5.96 Å². The summed E-state index contributed by atoms with van der Waals surface area (Å²) in [6.45, 7) is 8.92. The van der Waals surface area contributed by atoms with Gasteiger partial charge in [-0.1, -0.05) is 0 Å². The molecule has 0 saturated heterocycles. The molecule has 8 nitrogen and oxygen atoms in total. The number of aryl methyl sites for hydroxylation is 1. The molecule has 9 heteroatoms. The van der Waals surface area contributed by atoms with Gasteiger partial charge in [-0.2, -0.15) is 0 Å². The molecule has 0 aliphatic heterocycles. The largest absolute Gasteiger partial charge is 0.462 e. The van der Waals surface area contributed by atoms with Crippen molar-refractivity contribution < 1.29 is 14.3 Å². The van der Waals surface area contributed by atoms with E-state index >= 15 is 0 Å². The van der Waals surface area contributed by atoms with E-state index in [1.54, 1.807) is 32.8 Å². The zero-order valence-corrected chi connectivity index (χ0v) is 17.2. The molecule has 0 bridgehead atoms. The standard InChI is InChI=1S/C17H29N5O3S/c1-7-18-17(19-10-9-13(23)22(5)6)21-12(4)15-20-11(3)14(26-15)16(24)25-8-2/h12H,7-10H2,1-6H3,(H2,18,19,21). The summed E-state index contributed by atoms with van der Waals surface area (Å²) in [5, 5.41) is 7.19. The molecule has 1 amide bonds. The number of carbonyl (C=O) groups is 2. The summed E-state index contributed by atoms with van der Waals surface area (Å²) in [6.07, 6.45) is 0.349. The van der Waals surface area contributed by atoms with Gasteiger partial charge in [0.2, 0.25) is 5.91 Å². The minimum Gasteiger partial charge on any atom is -0.462 e. The van der Waals surface area contributed by atoms with Crippen LogP contribution >= 0.6 is 11.3 Å². The lowest BCUT2D eigenvalue weighted by atomic mass is 10.3. The highest BCUT2D eigenvalue weighted by molar-refractivity contribution is 7.13. The van der Waals surface area contributed by atoms with Crippen LogP contribution in [0.2, 0.25) is 0 Å². The summed E-state index contributed by atoms with van der Waals surface area (Å²) in [4.78, 5) is 34.6. The predicted molar refractivity (Wildman–Crippen MR) is 104 cm³/mol. The van der Waals surface area contributed by atoms with Gasteiger partial charge in [-0.05, 0) is 27.7 Å². The van der Waals surface area contributed by atoms with E-state index in [0.717, 1.165) is 5.01 Å². The lowest BCUT2D eigenvalue weighted by molar-refractivity contribution is -0.128. The first-order chi connectivity index (χ1) is 12.3. The summed E-state index contributed by atoms with van der Waals surface area (Å²) < 4.78 is 5.06. The number of nitrogens with one attached hydrogen (secondary N) is 2. The molecule has 0 spiro atoms. The number of hydrogen-bond donors (Lipinski definition) is 2. The van der Waals surface area contributed by atoms with Gasteiger partial charge in [-0.3, -0.25) is 9.79 Å². The zero-order valence-electron chi connectivity index (χ0n) is 16.4. The van der Waals surface area contributed by atoms with Gasteiger partial charge in [0, 0.05) is 27.1 Å². The molecule has 0 fully saturated rings. The number of hydrogen-bond acceptors (Lipinski definition) is 6. The van der Waals surface area contributed by atoms with Crippen molar-refractivity contribution in [2.24, 2.45) is 4.99 Å². The van der Waals surface area contributed by atoms with Crippen molar-refractivity contribution in [1.82, 2.24) is 20.5 Å². The highest BCUT2D eigenvalue weighted by Gasteiger charge is 2.20. The number of guanidine groups is 1. The summed E-state index contributed by atoms with van der Waals surface area (Å²) in [5.41, 5.74) is 0.663. The molecule has 1 unspecified atom stereocenters. The molecule has 146 valence electrons. The second-order valence-electron chi connectivity index (χ2n) is 5.85. The molecule has 1 aromatic heterocycles. The molecule has 1 atom stereocenters. The van der Waals surface area contributed by atoms with Crippen LogP contribution in [-0.2, 0) is 9.53 Å². The summed E-state index contributed by atoms with van der Waals surface area (Å²) in [5.74, 6) is 0.299. The van der Waals surface area contributed by atoms with E-state index in [1.807, 2.05) is 13.8 Å². The fraction of sp³-hybridized carbons (Fsp3) is 0.647. The van der Waals surface area contributed by atoms with Crippen LogP contribution in [0.3, 0.4) is 0 Å². The van der Waals surface area contributed by atoms with Crippen molar-refractivity contribution in [1.29, 1.82) is 0 Å². The monoisotopic (exact) mass is 383 g/mol. The van der Waals surface area contributed by atoms with Gasteiger partial charge in [0.05, 0.1) is 24.9 Å². The number of carbonyl (C=O) groups excluding carboxylic acids is 2. The van der Waals surface area contributed by atoms with E-state index in [4.69, 9.17) is 4.74 Å². The van der Waals surface area contributed by atoms with E-state index in [2.05, 4.69) is 20.6 Å². The maximum atomic E-state index is 11.9. The van der Waals surface area contributed by atoms with Crippen LogP contribution in [0.1, 0.15) is 53.6 Å². The lowest BCUT2D eigenvalue weighted by Gasteiger charge is -2.16. The Morgan fingerprint density at radius 3 is 2.62 bits per heavy atom. The van der Waals surface area contributed by atoms with Crippen LogP contribution in [0, 0.1) is 6.92 Å². The smallest absolute Gasteiger partial charge is 0.350 e. The molecule has 2 N–H and O–H groups in total. The fourth-order valence-corrected chi connectivity index (χ4v) is 3.03. The van der Waals surface area contributed by atoms with Crippen LogP contribution in [0.5, 0.6) is 0 Å². The Hall–Kier alpha value is -2.16. The zero-order chi connectivity index (χ0) is 19.7. The number of nitrogens with zero attached hydrogens (tertiary/aromatic N) is 3. The van der Waals surface area contributed by atoms with E-state index in [9.17, 15) is 9.59 Å². The average Bonchev–Trinajstić information content (AvgIpc) is 2.97. The van der Waals surface area contributed by atoms with Crippen LogP contribution < -0.4 is 10.6 Å². The number of esters is 1. The van der Waals surface area contributed by atoms with Crippen LogP contribution in [0.4, 0.5) is 0 Å². The molecule has 1 aromatic rings. The van der Waals surface area contributed by atoms with Crippen molar-refractivity contribution in [3.63, 3.8) is 0 Å². The fourth-order valence-electron chi connectivity index (χ4n) is 2.06. The maximum Gasteiger partial charge on any atom is 0.350 e. The van der Waals surface area contributed by atoms with Gasteiger partial charge >= 0.3 is 5.97 Å². The Bertz CT molecular complexity index is 642. The molecule has 1 rings (SSSR count). The van der Waals surface area contributed by atoms with Crippen LogP contribution in [-0.4, -0.2) is 61.5 Å². The Labute approximate surface area is 159 Å². The van der Waals surface area contributed by atoms with Gasteiger partial charge < -0.3 is 20.3 Å². The number of aliphatic imine (C=N–C) groups is 1. The Balaban J connectivity index is 2.78. The molecule has 1 heterocycles. The number of rotatable bonds is 8. The third kappa shape index (κ3) is 6.62. The van der Waals surface area contributed by atoms with Crippen LogP contribution in [0.15, 0.2) is 4.99 Å². The third-order valence-electron chi connectivity index (χ3n) is 3.44. The Morgan fingerprint density at radius 1 is 1.35 bits per heavy atom. The summed E-state index contributed by atoms with van der Waals surface area (Å²) in [6, 6.07) is -0.135. The number of thiazole rings is 1. The highest BCUT2D eigenvalue weighted by Crippen LogP contribution is 2.24. The average molecular weight is 384 g/mol. The Kier molecular flexibility index (Phi) is 9.04. The van der Waals surface area contributed by atoms with Crippen molar-refractivity contribution in [2.75, 3.05) is 33.8 Å². The molecule has 0 saturated carbocycles. The number of aromatic nitrogens is 1. The van der Waals surface area contributed by atoms with Crippen molar-refractivity contribution in [3.05, 3.63) is 15.6 Å². The predicted octanol–water partition coefficient (Wildman–Crippen LogP) is 1.72. The number of amides is 1. The highest BCUT2D eigenvalue weighted by atomic mass is 32.1. The molecule has 26 heavy (non-hydrogen) atoms. The van der Waals surface area contributed by atoms with E-state index in [-0.39, 0.29) is 17.9 Å². The van der Waals surface area contributed by atoms with Gasteiger partial charge in [-0.25, -0.2) is 9.78 Å². The van der Waals surface area contributed by atoms with Gasteiger partial charge in [0.1, 0.15) is 9.88 Å². The van der Waals surface area contributed by atoms with Crippen molar-refractivity contribution >= 4 is 29.2 Å². The van der Waals surface area contributed by atoms with Gasteiger partial charge in [-0.15, -0.1) is 11.3 Å². The second kappa shape index (κ2) is 10.7. The summed E-state index contributed by atoms with van der Waals surface area (Å²) >= 11 is 1.32. The third-order valence-corrected chi connectivity index (χ3v) is 4.76. The first-order valence-corrected chi connectivity index (χ1v) is 9.51. The first kappa shape index (κ1) is 21.9. The molecule has 0 aliphatic carbocycles. The SMILES string of the molecule is CCNC(=NCCC(=O)N(C)C)NC(C)c1nc(C)c(C(=O)OCC)s1. The molecule has 0 aliphatic rings. The van der Waals surface area contributed by atoms with Crippen molar-refractivity contribution in [2.45, 2.75) is 40.2 Å². The molecular weight excluding hydrogens is 354 g/mol. The van der Waals surface area contributed by atoms with Crippen LogP contribution in [0.25, 0.3) is 0 Å². The normalized spacial score (nSPS) is 12.5. The minimum atomic E-state index is -0.344. The molecule has 0 aromatic carbocycles. The second-order valence-corrected chi connectivity index (χ2v) is 6.88. The van der Waals surface area contributed by atoms with E-state index in [1.165, 1.54) is 11.3 Å².